The van der Waals surface area contributed by atoms with Gasteiger partial charge in [0.15, 0.2) is 0 Å². The Hall–Kier alpha value is -1.30. The summed E-state index contributed by atoms with van der Waals surface area (Å²) in [5, 5.41) is 4.71. The van der Waals surface area contributed by atoms with Crippen LogP contribution < -0.4 is 10.6 Å². The van der Waals surface area contributed by atoms with Gasteiger partial charge in [-0.3, -0.25) is 0 Å². The van der Waals surface area contributed by atoms with Crippen molar-refractivity contribution in [3.8, 4) is 0 Å². The van der Waals surface area contributed by atoms with Gasteiger partial charge in [0.05, 0.1) is 5.60 Å². The number of nitrogens with one attached hydrogen (secondary N) is 2. The summed E-state index contributed by atoms with van der Waals surface area (Å²) in [5.41, 5.74) is -0.0861. The van der Waals surface area contributed by atoms with Crippen LogP contribution in [-0.2, 0) is 9.47 Å². The molecule has 0 bridgehead atoms. The Balaban J connectivity index is 3.87. The van der Waals surface area contributed by atoms with Crippen molar-refractivity contribution >= 4 is 12.2 Å². The van der Waals surface area contributed by atoms with Crippen LogP contribution in [0.25, 0.3) is 0 Å². The highest BCUT2D eigenvalue weighted by molar-refractivity contribution is 5.83. The Morgan fingerprint density at radius 1 is 1.00 bits per heavy atom. The first-order valence-electron chi connectivity index (χ1n) is 6.87. The van der Waals surface area contributed by atoms with Crippen LogP contribution >= 0.6 is 0 Å². The fourth-order valence-electron chi connectivity index (χ4n) is 1.34. The van der Waals surface area contributed by atoms with Gasteiger partial charge in [-0.05, 0) is 32.1 Å². The SMILES string of the molecule is CNC(=O)OC(=O)NCCC(C)(C)OCCC(C)(C)C. The topological polar surface area (TPSA) is 76.7 Å². The molecule has 6 nitrogen and oxygen atoms in total. The third kappa shape index (κ3) is 10.6. The van der Waals surface area contributed by atoms with Crippen LogP contribution in [-0.4, -0.2) is 38.0 Å². The second-order valence-electron chi connectivity index (χ2n) is 6.52. The lowest BCUT2D eigenvalue weighted by Gasteiger charge is -2.27. The third-order valence-corrected chi connectivity index (χ3v) is 2.73. The summed E-state index contributed by atoms with van der Waals surface area (Å²) in [5.74, 6) is 0. The molecule has 118 valence electrons. The first kappa shape index (κ1) is 18.7. The average molecular weight is 288 g/mol. The van der Waals surface area contributed by atoms with Gasteiger partial charge in [-0.25, -0.2) is 9.59 Å². The number of alkyl carbamates (subject to hydrolysis) is 2. The summed E-state index contributed by atoms with van der Waals surface area (Å²) in [6.45, 7) is 11.5. The molecule has 0 spiro atoms. The highest BCUT2D eigenvalue weighted by atomic mass is 16.6. The van der Waals surface area contributed by atoms with Gasteiger partial charge in [0, 0.05) is 20.2 Å². The van der Waals surface area contributed by atoms with Crippen molar-refractivity contribution in [2.75, 3.05) is 20.2 Å². The molecule has 0 aromatic heterocycles. The molecule has 2 N–H and O–H groups in total. The highest BCUT2D eigenvalue weighted by Gasteiger charge is 2.20. The van der Waals surface area contributed by atoms with Gasteiger partial charge in [0.25, 0.3) is 0 Å². The lowest BCUT2D eigenvalue weighted by molar-refractivity contribution is -0.0322. The summed E-state index contributed by atoms with van der Waals surface area (Å²) in [7, 11) is 1.39. The molecule has 0 saturated carbocycles. The summed E-state index contributed by atoms with van der Waals surface area (Å²) in [6.07, 6.45) is 0.0840. The van der Waals surface area contributed by atoms with Crippen LogP contribution in [0.3, 0.4) is 0 Å². The Labute approximate surface area is 121 Å². The van der Waals surface area contributed by atoms with Gasteiger partial charge in [-0.2, -0.15) is 0 Å². The number of hydrogen-bond donors (Lipinski definition) is 2. The number of amides is 2. The van der Waals surface area contributed by atoms with E-state index in [0.717, 1.165) is 6.42 Å². The van der Waals surface area contributed by atoms with Crippen LogP contribution in [0.5, 0.6) is 0 Å². The van der Waals surface area contributed by atoms with Crippen LogP contribution in [0.4, 0.5) is 9.59 Å². The molecule has 20 heavy (non-hydrogen) atoms. The molecule has 0 aliphatic carbocycles. The Kier molecular flexibility index (Phi) is 7.57. The van der Waals surface area contributed by atoms with E-state index in [1.807, 2.05) is 13.8 Å². The number of carbonyl (C=O) groups is 2. The standard InChI is InChI=1S/C14H28N2O4/c1-13(2,3)8-10-19-14(4,5)7-9-16-12(18)20-11(17)15-6/h7-10H2,1-6H3,(H,15,17)(H,16,18). The van der Waals surface area contributed by atoms with Crippen LogP contribution in [0.2, 0.25) is 0 Å². The zero-order valence-corrected chi connectivity index (χ0v) is 13.5. The molecule has 0 radical (unpaired) electrons. The monoisotopic (exact) mass is 288 g/mol. The van der Waals surface area contributed by atoms with E-state index in [1.165, 1.54) is 7.05 Å². The van der Waals surface area contributed by atoms with Gasteiger partial charge < -0.3 is 20.1 Å². The molecule has 0 saturated heterocycles. The number of hydrogen-bond acceptors (Lipinski definition) is 4. The maximum absolute atomic E-state index is 11.2. The maximum Gasteiger partial charge on any atom is 0.416 e. The normalized spacial score (nSPS) is 11.9. The van der Waals surface area contributed by atoms with Crippen LogP contribution in [0.15, 0.2) is 0 Å². The first-order chi connectivity index (χ1) is 9.06. The molecule has 0 aromatic rings. The summed E-state index contributed by atoms with van der Waals surface area (Å²) in [6, 6.07) is 0. The van der Waals surface area contributed by atoms with Gasteiger partial charge >= 0.3 is 12.2 Å². The van der Waals surface area contributed by atoms with Crippen molar-refractivity contribution in [1.29, 1.82) is 0 Å². The molecule has 0 atom stereocenters. The minimum absolute atomic E-state index is 0.242. The summed E-state index contributed by atoms with van der Waals surface area (Å²) in [4.78, 5) is 22.0. The second-order valence-corrected chi connectivity index (χ2v) is 6.52. The van der Waals surface area contributed by atoms with Gasteiger partial charge in [0.2, 0.25) is 0 Å². The minimum atomic E-state index is -0.775. The molecule has 2 amide bonds. The average Bonchev–Trinajstić information content (AvgIpc) is 2.26. The molecule has 0 unspecified atom stereocenters. The Bertz CT molecular complexity index is 322. The lowest BCUT2D eigenvalue weighted by Crippen LogP contribution is -2.35. The van der Waals surface area contributed by atoms with Crippen molar-refractivity contribution in [3.05, 3.63) is 0 Å². The van der Waals surface area contributed by atoms with E-state index < -0.39 is 12.2 Å². The van der Waals surface area contributed by atoms with E-state index in [0.29, 0.717) is 19.6 Å². The molecule has 0 rings (SSSR count). The van der Waals surface area contributed by atoms with E-state index in [2.05, 4.69) is 36.1 Å². The molecule has 0 aliphatic rings. The predicted molar refractivity (Wildman–Crippen MR) is 77.7 cm³/mol. The second kappa shape index (κ2) is 8.09. The lowest BCUT2D eigenvalue weighted by atomic mass is 9.93. The van der Waals surface area contributed by atoms with Crippen molar-refractivity contribution < 1.29 is 19.1 Å². The van der Waals surface area contributed by atoms with Crippen molar-refractivity contribution in [2.24, 2.45) is 5.41 Å². The Morgan fingerprint density at radius 2 is 1.60 bits per heavy atom. The van der Waals surface area contributed by atoms with Crippen LogP contribution in [0, 0.1) is 5.41 Å². The molecule has 0 fully saturated rings. The predicted octanol–water partition coefficient (Wildman–Crippen LogP) is 2.67. The number of ether oxygens (including phenoxy) is 2. The van der Waals surface area contributed by atoms with Gasteiger partial charge in [-0.1, -0.05) is 20.8 Å². The summed E-state index contributed by atoms with van der Waals surface area (Å²) >= 11 is 0. The van der Waals surface area contributed by atoms with Gasteiger partial charge in [0.1, 0.15) is 0 Å². The molecule has 0 aliphatic heterocycles. The molecule has 0 aromatic carbocycles. The highest BCUT2D eigenvalue weighted by Crippen LogP contribution is 2.21. The minimum Gasteiger partial charge on any atom is -0.375 e. The van der Waals surface area contributed by atoms with E-state index in [-0.39, 0.29) is 11.0 Å². The fraction of sp³-hybridized carbons (Fsp3) is 0.857. The molecule has 0 heterocycles. The van der Waals surface area contributed by atoms with E-state index in [1.54, 1.807) is 0 Å². The third-order valence-electron chi connectivity index (χ3n) is 2.73. The number of rotatable bonds is 6. The van der Waals surface area contributed by atoms with Crippen molar-refractivity contribution in [1.82, 2.24) is 10.6 Å². The van der Waals surface area contributed by atoms with Crippen LogP contribution in [0.1, 0.15) is 47.5 Å². The quantitative estimate of drug-likeness (QED) is 0.737. The zero-order valence-electron chi connectivity index (χ0n) is 13.5. The molecular weight excluding hydrogens is 260 g/mol. The molecule has 6 heteroatoms. The van der Waals surface area contributed by atoms with E-state index in [9.17, 15) is 9.59 Å². The fourth-order valence-corrected chi connectivity index (χ4v) is 1.34. The van der Waals surface area contributed by atoms with Gasteiger partial charge in [-0.15, -0.1) is 0 Å². The summed E-state index contributed by atoms with van der Waals surface area (Å²) < 4.78 is 10.2. The largest absolute Gasteiger partial charge is 0.416 e. The number of carbonyl (C=O) groups excluding carboxylic acids is 2. The van der Waals surface area contributed by atoms with Crippen molar-refractivity contribution in [2.45, 2.75) is 53.1 Å². The van der Waals surface area contributed by atoms with E-state index in [4.69, 9.17) is 4.74 Å². The Morgan fingerprint density at radius 3 is 2.10 bits per heavy atom. The first-order valence-corrected chi connectivity index (χ1v) is 6.87. The smallest absolute Gasteiger partial charge is 0.375 e. The zero-order chi connectivity index (χ0) is 15.8. The van der Waals surface area contributed by atoms with Crippen molar-refractivity contribution in [3.63, 3.8) is 0 Å². The maximum atomic E-state index is 11.2. The van der Waals surface area contributed by atoms with E-state index >= 15 is 0 Å². The molecular formula is C14H28N2O4.